The molecule has 6 atom stereocenters. The van der Waals surface area contributed by atoms with Gasteiger partial charge < -0.3 is 5.11 Å². The summed E-state index contributed by atoms with van der Waals surface area (Å²) in [5, 5.41) is 9.88. The minimum atomic E-state index is -0.493. The first-order valence-corrected chi connectivity index (χ1v) is 19.0. The van der Waals surface area contributed by atoms with Crippen molar-refractivity contribution in [2.75, 3.05) is 0 Å². The SMILES string of the molecule is CC(C)CCC[C@H](C)CCC[C@@H](C)CCC[C@H](C)CCCC[C@@H](C)CCC[C@H](C)CCC[C@@H](C)CCCC(C)(C)O. The molecule has 0 fully saturated rings. The summed E-state index contributed by atoms with van der Waals surface area (Å²) in [6.07, 6.45) is 30.5. The fourth-order valence-electron chi connectivity index (χ4n) is 6.87. The third-order valence-corrected chi connectivity index (χ3v) is 10.2. The van der Waals surface area contributed by atoms with Gasteiger partial charge in [-0.2, -0.15) is 0 Å². The standard InChI is InChI=1S/C40H82O/c1-33(2)19-13-22-36(5)25-16-28-37(6)26-14-23-34(3)20-11-12-21-35(4)24-15-27-38(7)29-17-30-39(8)31-18-32-40(9,10)41/h33-39,41H,11-32H2,1-10H3/t34-,35-,36+,37+,38+,39-/m1/s1. The van der Waals surface area contributed by atoms with Crippen molar-refractivity contribution in [3.63, 3.8) is 0 Å². The van der Waals surface area contributed by atoms with Gasteiger partial charge in [-0.3, -0.25) is 0 Å². The van der Waals surface area contributed by atoms with Crippen LogP contribution in [0.2, 0.25) is 0 Å². The second kappa shape index (κ2) is 25.3. The predicted octanol–water partition coefficient (Wildman–Crippen LogP) is 13.8. The van der Waals surface area contributed by atoms with E-state index in [0.29, 0.717) is 0 Å². The van der Waals surface area contributed by atoms with Gasteiger partial charge in [-0.05, 0) is 61.7 Å². The predicted molar refractivity (Wildman–Crippen MR) is 188 cm³/mol. The molecule has 248 valence electrons. The third kappa shape index (κ3) is 29.8. The zero-order chi connectivity index (χ0) is 31.1. The van der Waals surface area contributed by atoms with Gasteiger partial charge in [0.1, 0.15) is 0 Å². The van der Waals surface area contributed by atoms with Crippen LogP contribution >= 0.6 is 0 Å². The van der Waals surface area contributed by atoms with Crippen LogP contribution in [0.1, 0.15) is 210 Å². The van der Waals surface area contributed by atoms with Crippen molar-refractivity contribution in [1.82, 2.24) is 0 Å². The van der Waals surface area contributed by atoms with Crippen LogP contribution < -0.4 is 0 Å². The van der Waals surface area contributed by atoms with Crippen LogP contribution in [0.3, 0.4) is 0 Å². The number of aliphatic hydroxyl groups is 1. The van der Waals surface area contributed by atoms with Crippen molar-refractivity contribution < 1.29 is 5.11 Å². The van der Waals surface area contributed by atoms with Crippen LogP contribution in [0.25, 0.3) is 0 Å². The van der Waals surface area contributed by atoms with E-state index in [0.717, 1.165) is 54.3 Å². The minimum absolute atomic E-state index is 0.493. The maximum atomic E-state index is 9.88. The smallest absolute Gasteiger partial charge is 0.0591 e. The summed E-state index contributed by atoms with van der Waals surface area (Å²) in [5.74, 6) is 6.25. The topological polar surface area (TPSA) is 20.2 Å². The van der Waals surface area contributed by atoms with E-state index < -0.39 is 5.60 Å². The van der Waals surface area contributed by atoms with Gasteiger partial charge in [-0.1, -0.05) is 190 Å². The lowest BCUT2D eigenvalue weighted by Gasteiger charge is -2.19. The largest absolute Gasteiger partial charge is 0.390 e. The van der Waals surface area contributed by atoms with Gasteiger partial charge in [0.05, 0.1) is 5.60 Å². The molecule has 0 aromatic rings. The second-order valence-corrected chi connectivity index (χ2v) is 16.7. The molecular formula is C40H82O. The van der Waals surface area contributed by atoms with E-state index in [1.807, 2.05) is 13.8 Å². The van der Waals surface area contributed by atoms with Gasteiger partial charge in [0.25, 0.3) is 0 Å². The number of hydrogen-bond donors (Lipinski definition) is 1. The molecule has 1 heteroatoms. The molecular weight excluding hydrogens is 496 g/mol. The van der Waals surface area contributed by atoms with Crippen LogP contribution in [0.5, 0.6) is 0 Å². The molecule has 0 rings (SSSR count). The molecule has 0 bridgehead atoms. The first-order valence-electron chi connectivity index (χ1n) is 19.0. The molecule has 0 heterocycles. The molecule has 0 amide bonds. The molecule has 0 unspecified atom stereocenters. The molecule has 1 nitrogen and oxygen atoms in total. The Kier molecular flexibility index (Phi) is 25.3. The fraction of sp³-hybridized carbons (Fsp3) is 1.00. The summed E-state index contributed by atoms with van der Waals surface area (Å²) < 4.78 is 0. The molecule has 0 aliphatic heterocycles. The number of rotatable bonds is 29. The van der Waals surface area contributed by atoms with E-state index in [1.54, 1.807) is 0 Å². The van der Waals surface area contributed by atoms with E-state index in [1.165, 1.54) is 128 Å². The Morgan fingerprint density at radius 3 is 0.805 bits per heavy atom. The average Bonchev–Trinajstić information content (AvgIpc) is 2.85. The molecule has 41 heavy (non-hydrogen) atoms. The zero-order valence-electron chi connectivity index (χ0n) is 30.5. The zero-order valence-corrected chi connectivity index (χ0v) is 30.5. The minimum Gasteiger partial charge on any atom is -0.390 e. The molecule has 1 N–H and O–H groups in total. The van der Waals surface area contributed by atoms with Crippen molar-refractivity contribution in [2.45, 2.75) is 216 Å². The van der Waals surface area contributed by atoms with Gasteiger partial charge in [-0.25, -0.2) is 0 Å². The summed E-state index contributed by atoms with van der Waals surface area (Å²) in [5.41, 5.74) is -0.493. The highest BCUT2D eigenvalue weighted by Gasteiger charge is 2.13. The van der Waals surface area contributed by atoms with E-state index in [4.69, 9.17) is 0 Å². The van der Waals surface area contributed by atoms with E-state index in [9.17, 15) is 5.11 Å². The average molecular weight is 579 g/mol. The summed E-state index contributed by atoms with van der Waals surface area (Å²) >= 11 is 0. The highest BCUT2D eigenvalue weighted by atomic mass is 16.3. The Morgan fingerprint density at radius 2 is 0.561 bits per heavy atom. The quantitative estimate of drug-likeness (QED) is 0.0875. The van der Waals surface area contributed by atoms with Gasteiger partial charge >= 0.3 is 0 Å². The van der Waals surface area contributed by atoms with Crippen molar-refractivity contribution in [1.29, 1.82) is 0 Å². The van der Waals surface area contributed by atoms with Crippen LogP contribution in [-0.2, 0) is 0 Å². The third-order valence-electron chi connectivity index (χ3n) is 10.2. The molecule has 0 saturated carbocycles. The van der Waals surface area contributed by atoms with E-state index in [2.05, 4.69) is 55.4 Å². The fourth-order valence-corrected chi connectivity index (χ4v) is 6.87. The van der Waals surface area contributed by atoms with Gasteiger partial charge in [0, 0.05) is 0 Å². The lowest BCUT2D eigenvalue weighted by Crippen LogP contribution is -2.18. The Morgan fingerprint density at radius 1 is 0.341 bits per heavy atom. The Bertz CT molecular complexity index is 546. The molecule has 0 aliphatic carbocycles. The van der Waals surface area contributed by atoms with Gasteiger partial charge in [0.2, 0.25) is 0 Å². The molecule has 0 saturated heterocycles. The maximum absolute atomic E-state index is 9.88. The summed E-state index contributed by atoms with van der Waals surface area (Å²) in [6, 6.07) is 0. The van der Waals surface area contributed by atoms with Crippen LogP contribution in [0, 0.1) is 41.4 Å². The van der Waals surface area contributed by atoms with Crippen LogP contribution in [-0.4, -0.2) is 10.7 Å². The first kappa shape index (κ1) is 41.0. The highest BCUT2D eigenvalue weighted by molar-refractivity contribution is 4.67. The highest BCUT2D eigenvalue weighted by Crippen LogP contribution is 2.26. The summed E-state index contributed by atoms with van der Waals surface area (Å²) in [7, 11) is 0. The maximum Gasteiger partial charge on any atom is 0.0591 e. The van der Waals surface area contributed by atoms with Gasteiger partial charge in [0.15, 0.2) is 0 Å². The van der Waals surface area contributed by atoms with Gasteiger partial charge in [-0.15, -0.1) is 0 Å². The molecule has 0 aliphatic rings. The molecule has 0 aromatic carbocycles. The van der Waals surface area contributed by atoms with Crippen molar-refractivity contribution in [3.8, 4) is 0 Å². The monoisotopic (exact) mass is 579 g/mol. The van der Waals surface area contributed by atoms with E-state index in [-0.39, 0.29) is 0 Å². The normalized spacial score (nSPS) is 17.0. The number of unbranched alkanes of at least 4 members (excludes halogenated alkanes) is 1. The molecule has 0 radical (unpaired) electrons. The number of hydrogen-bond acceptors (Lipinski definition) is 1. The van der Waals surface area contributed by atoms with E-state index >= 15 is 0 Å². The van der Waals surface area contributed by atoms with Crippen molar-refractivity contribution >= 4 is 0 Å². The molecule has 0 spiro atoms. The lowest BCUT2D eigenvalue weighted by molar-refractivity contribution is 0.0668. The van der Waals surface area contributed by atoms with Crippen LogP contribution in [0.4, 0.5) is 0 Å². The van der Waals surface area contributed by atoms with Crippen LogP contribution in [0.15, 0.2) is 0 Å². The second-order valence-electron chi connectivity index (χ2n) is 16.7. The Labute approximate surface area is 262 Å². The van der Waals surface area contributed by atoms with Crippen molar-refractivity contribution in [3.05, 3.63) is 0 Å². The van der Waals surface area contributed by atoms with Crippen molar-refractivity contribution in [2.24, 2.45) is 41.4 Å². The first-order chi connectivity index (χ1) is 19.3. The Balaban J connectivity index is 3.65. The lowest BCUT2D eigenvalue weighted by atomic mass is 9.89. The molecule has 0 aromatic heterocycles. The summed E-state index contributed by atoms with van der Waals surface area (Å²) in [6.45, 7) is 23.4. The summed E-state index contributed by atoms with van der Waals surface area (Å²) in [4.78, 5) is 0. The Hall–Kier alpha value is -0.0400.